The molecule has 0 saturated heterocycles. The number of halogens is 1. The minimum absolute atomic E-state index is 0.760. The number of ether oxygens (including phenoxy) is 1. The number of benzene rings is 1. The van der Waals surface area contributed by atoms with E-state index in [1.165, 1.54) is 25.7 Å². The summed E-state index contributed by atoms with van der Waals surface area (Å²) in [7, 11) is 1.93. The second-order valence-corrected chi connectivity index (χ2v) is 4.98. The summed E-state index contributed by atoms with van der Waals surface area (Å²) in [6.45, 7) is 3.81. The van der Waals surface area contributed by atoms with Gasteiger partial charge in [0.1, 0.15) is 5.75 Å². The molecular formula is C15H24ClNO. The number of hydrogen-bond donors (Lipinski definition) is 1. The van der Waals surface area contributed by atoms with Crippen LogP contribution in [0.2, 0.25) is 5.02 Å². The Labute approximate surface area is 116 Å². The molecule has 0 atom stereocenters. The number of hydrogen-bond acceptors (Lipinski definition) is 2. The monoisotopic (exact) mass is 269 g/mol. The molecule has 0 aliphatic heterocycles. The van der Waals surface area contributed by atoms with E-state index in [-0.39, 0.29) is 0 Å². The van der Waals surface area contributed by atoms with E-state index in [4.69, 9.17) is 16.3 Å². The van der Waals surface area contributed by atoms with Gasteiger partial charge in [0, 0.05) is 17.1 Å². The van der Waals surface area contributed by atoms with Crippen molar-refractivity contribution in [1.82, 2.24) is 5.32 Å². The Bertz CT molecular complexity index is 341. The van der Waals surface area contributed by atoms with Gasteiger partial charge in [-0.05, 0) is 31.7 Å². The van der Waals surface area contributed by atoms with Crippen molar-refractivity contribution < 1.29 is 4.74 Å². The van der Waals surface area contributed by atoms with Crippen LogP contribution in [0.25, 0.3) is 0 Å². The van der Waals surface area contributed by atoms with E-state index >= 15 is 0 Å². The number of nitrogens with one attached hydrogen (secondary N) is 1. The van der Waals surface area contributed by atoms with Crippen LogP contribution in [-0.4, -0.2) is 13.7 Å². The van der Waals surface area contributed by atoms with Gasteiger partial charge in [0.15, 0.2) is 0 Å². The average molecular weight is 270 g/mol. The fourth-order valence-corrected chi connectivity index (χ4v) is 2.10. The van der Waals surface area contributed by atoms with Gasteiger partial charge in [0.25, 0.3) is 0 Å². The lowest BCUT2D eigenvalue weighted by Crippen LogP contribution is -2.08. The molecule has 0 saturated carbocycles. The summed E-state index contributed by atoms with van der Waals surface area (Å²) in [5.74, 6) is 0.948. The molecule has 0 spiro atoms. The maximum atomic E-state index is 5.99. The van der Waals surface area contributed by atoms with Crippen LogP contribution in [0, 0.1) is 0 Å². The summed E-state index contributed by atoms with van der Waals surface area (Å²) in [6, 6.07) is 5.80. The maximum absolute atomic E-state index is 5.99. The van der Waals surface area contributed by atoms with Crippen molar-refractivity contribution in [2.45, 2.75) is 45.6 Å². The molecule has 0 heterocycles. The lowest BCUT2D eigenvalue weighted by Gasteiger charge is -2.11. The molecule has 0 bridgehead atoms. The first-order valence-corrected chi connectivity index (χ1v) is 7.21. The van der Waals surface area contributed by atoms with Gasteiger partial charge in [-0.3, -0.25) is 0 Å². The molecule has 102 valence electrons. The smallest absolute Gasteiger partial charge is 0.123 e. The molecule has 0 unspecified atom stereocenters. The molecule has 0 amide bonds. The van der Waals surface area contributed by atoms with Crippen molar-refractivity contribution >= 4 is 11.6 Å². The standard InChI is InChI=1S/C15H24ClNO/c1-3-4-5-6-7-10-18-15-9-8-14(16)11-13(15)12-17-2/h8-9,11,17H,3-7,10,12H2,1-2H3. The Morgan fingerprint density at radius 1 is 1.17 bits per heavy atom. The zero-order valence-electron chi connectivity index (χ0n) is 11.5. The minimum atomic E-state index is 0.760. The van der Waals surface area contributed by atoms with E-state index in [0.717, 1.165) is 35.9 Å². The molecule has 0 radical (unpaired) electrons. The largest absolute Gasteiger partial charge is 0.493 e. The first-order chi connectivity index (χ1) is 8.77. The van der Waals surface area contributed by atoms with Crippen molar-refractivity contribution in [3.8, 4) is 5.75 Å². The molecule has 3 heteroatoms. The summed E-state index contributed by atoms with van der Waals surface area (Å²) < 4.78 is 5.83. The van der Waals surface area contributed by atoms with Gasteiger partial charge >= 0.3 is 0 Å². The van der Waals surface area contributed by atoms with Gasteiger partial charge in [-0.15, -0.1) is 0 Å². The molecule has 1 aromatic rings. The molecule has 1 N–H and O–H groups in total. The van der Waals surface area contributed by atoms with Crippen LogP contribution in [0.15, 0.2) is 18.2 Å². The van der Waals surface area contributed by atoms with Crippen LogP contribution < -0.4 is 10.1 Å². The third kappa shape index (κ3) is 5.74. The van der Waals surface area contributed by atoms with E-state index in [2.05, 4.69) is 12.2 Å². The van der Waals surface area contributed by atoms with Crippen molar-refractivity contribution in [3.05, 3.63) is 28.8 Å². The Hall–Kier alpha value is -0.730. The highest BCUT2D eigenvalue weighted by Crippen LogP contribution is 2.23. The van der Waals surface area contributed by atoms with Gasteiger partial charge in [-0.2, -0.15) is 0 Å². The zero-order chi connectivity index (χ0) is 13.2. The van der Waals surface area contributed by atoms with Gasteiger partial charge in [0.05, 0.1) is 6.61 Å². The fraction of sp³-hybridized carbons (Fsp3) is 0.600. The minimum Gasteiger partial charge on any atom is -0.493 e. The number of rotatable bonds is 9. The van der Waals surface area contributed by atoms with Crippen LogP contribution in [0.3, 0.4) is 0 Å². The van der Waals surface area contributed by atoms with Gasteiger partial charge in [0.2, 0.25) is 0 Å². The summed E-state index contributed by atoms with van der Waals surface area (Å²) in [5, 5.41) is 3.89. The zero-order valence-corrected chi connectivity index (χ0v) is 12.2. The Kier molecular flexibility index (Phi) is 7.86. The van der Waals surface area contributed by atoms with E-state index < -0.39 is 0 Å². The molecule has 0 aliphatic rings. The molecular weight excluding hydrogens is 246 g/mol. The predicted molar refractivity (Wildman–Crippen MR) is 78.5 cm³/mol. The highest BCUT2D eigenvalue weighted by molar-refractivity contribution is 6.30. The fourth-order valence-electron chi connectivity index (χ4n) is 1.91. The summed E-state index contributed by atoms with van der Waals surface area (Å²) in [5.41, 5.74) is 1.12. The van der Waals surface area contributed by atoms with Crippen molar-refractivity contribution in [3.63, 3.8) is 0 Å². The van der Waals surface area contributed by atoms with Gasteiger partial charge in [-0.1, -0.05) is 44.2 Å². The maximum Gasteiger partial charge on any atom is 0.123 e. The molecule has 0 aliphatic carbocycles. The Morgan fingerprint density at radius 3 is 2.67 bits per heavy atom. The van der Waals surface area contributed by atoms with Crippen molar-refractivity contribution in [2.75, 3.05) is 13.7 Å². The third-order valence-electron chi connectivity index (χ3n) is 2.90. The van der Waals surface area contributed by atoms with Crippen LogP contribution in [-0.2, 0) is 6.54 Å². The third-order valence-corrected chi connectivity index (χ3v) is 3.13. The quantitative estimate of drug-likeness (QED) is 0.671. The Balaban J connectivity index is 2.36. The first-order valence-electron chi connectivity index (χ1n) is 6.83. The van der Waals surface area contributed by atoms with Crippen LogP contribution in [0.4, 0.5) is 0 Å². The summed E-state index contributed by atoms with van der Waals surface area (Å²) >= 11 is 5.99. The molecule has 1 aromatic carbocycles. The highest BCUT2D eigenvalue weighted by Gasteiger charge is 2.03. The van der Waals surface area contributed by atoms with Crippen LogP contribution in [0.1, 0.15) is 44.6 Å². The average Bonchev–Trinajstić information content (AvgIpc) is 2.36. The normalized spacial score (nSPS) is 10.6. The molecule has 0 aromatic heterocycles. The van der Waals surface area contributed by atoms with Crippen molar-refractivity contribution in [2.24, 2.45) is 0 Å². The second kappa shape index (κ2) is 9.23. The molecule has 2 nitrogen and oxygen atoms in total. The second-order valence-electron chi connectivity index (χ2n) is 4.55. The van der Waals surface area contributed by atoms with E-state index in [9.17, 15) is 0 Å². The van der Waals surface area contributed by atoms with Crippen LogP contribution in [0.5, 0.6) is 5.75 Å². The lowest BCUT2D eigenvalue weighted by atomic mass is 10.1. The van der Waals surface area contributed by atoms with E-state index in [1.54, 1.807) is 0 Å². The highest BCUT2D eigenvalue weighted by atomic mass is 35.5. The van der Waals surface area contributed by atoms with Gasteiger partial charge in [-0.25, -0.2) is 0 Å². The van der Waals surface area contributed by atoms with Crippen molar-refractivity contribution in [1.29, 1.82) is 0 Å². The Morgan fingerprint density at radius 2 is 1.94 bits per heavy atom. The first kappa shape index (κ1) is 15.3. The van der Waals surface area contributed by atoms with Crippen LogP contribution >= 0.6 is 11.6 Å². The van der Waals surface area contributed by atoms with E-state index in [0.29, 0.717) is 0 Å². The lowest BCUT2D eigenvalue weighted by molar-refractivity contribution is 0.301. The number of unbranched alkanes of at least 4 members (excludes halogenated alkanes) is 4. The molecule has 0 fully saturated rings. The topological polar surface area (TPSA) is 21.3 Å². The van der Waals surface area contributed by atoms with Gasteiger partial charge < -0.3 is 10.1 Å². The molecule has 18 heavy (non-hydrogen) atoms. The molecule has 1 rings (SSSR count). The predicted octanol–water partition coefficient (Wildman–Crippen LogP) is 4.41. The SMILES string of the molecule is CCCCCCCOc1ccc(Cl)cc1CNC. The summed E-state index contributed by atoms with van der Waals surface area (Å²) in [4.78, 5) is 0. The summed E-state index contributed by atoms with van der Waals surface area (Å²) in [6.07, 6.45) is 6.30. The van der Waals surface area contributed by atoms with E-state index in [1.807, 2.05) is 25.2 Å².